The second-order valence-electron chi connectivity index (χ2n) is 10.2. The topological polar surface area (TPSA) is 67.2 Å². The maximum atomic E-state index is 6.18. The highest BCUT2D eigenvalue weighted by molar-refractivity contribution is 6.31. The van der Waals surface area contributed by atoms with Gasteiger partial charge in [-0.05, 0) is 75.2 Å². The summed E-state index contributed by atoms with van der Waals surface area (Å²) in [5.74, 6) is 0. The summed E-state index contributed by atoms with van der Waals surface area (Å²) in [5, 5.41) is 7.82. The van der Waals surface area contributed by atoms with Gasteiger partial charge in [0.1, 0.15) is 0 Å². The Morgan fingerprint density at radius 1 is 0.595 bits per heavy atom. The molecule has 2 aliphatic rings. The van der Waals surface area contributed by atoms with Crippen molar-refractivity contribution in [3.8, 4) is 0 Å². The molecule has 6 rings (SSSR count). The summed E-state index contributed by atoms with van der Waals surface area (Å²) in [5.41, 5.74) is 4.89. The Labute approximate surface area is 257 Å². The van der Waals surface area contributed by atoms with Gasteiger partial charge in [0.15, 0.2) is 11.2 Å². The molecule has 0 fully saturated rings. The van der Waals surface area contributed by atoms with Gasteiger partial charge in [0, 0.05) is 45.6 Å². The van der Waals surface area contributed by atoms with Crippen molar-refractivity contribution < 1.29 is 9.47 Å². The van der Waals surface area contributed by atoms with Gasteiger partial charge in [0.05, 0.1) is 0 Å². The zero-order chi connectivity index (χ0) is 29.7. The third-order valence-electron chi connectivity index (χ3n) is 7.33. The lowest BCUT2D eigenvalue weighted by atomic mass is 9.86. The average Bonchev–Trinajstić information content (AvgIpc) is 3.00. The van der Waals surface area contributed by atoms with E-state index in [1.54, 1.807) is 0 Å². The first-order chi connectivity index (χ1) is 20.3. The van der Waals surface area contributed by atoms with Crippen LogP contribution in [0.2, 0.25) is 10.0 Å². The molecular formula is C34H34Cl2N4O2. The smallest absolute Gasteiger partial charge is 0.290 e. The molecule has 4 aromatic carbocycles. The number of halogens is 2. The van der Waals surface area contributed by atoms with Crippen LogP contribution in [0.5, 0.6) is 0 Å². The van der Waals surface area contributed by atoms with Crippen molar-refractivity contribution in [1.82, 2.24) is 0 Å². The minimum atomic E-state index is -0.610. The van der Waals surface area contributed by atoms with Crippen LogP contribution in [0.3, 0.4) is 0 Å². The average molecular weight is 602 g/mol. The maximum absolute atomic E-state index is 6.18. The monoisotopic (exact) mass is 600 g/mol. The van der Waals surface area contributed by atoms with Gasteiger partial charge in [-0.25, -0.2) is 9.98 Å². The Bertz CT molecular complexity index is 1490. The summed E-state index contributed by atoms with van der Waals surface area (Å²) in [7, 11) is 0. The third kappa shape index (κ3) is 5.96. The molecule has 2 aliphatic heterocycles. The van der Waals surface area contributed by atoms with E-state index >= 15 is 0 Å². The molecule has 0 aliphatic carbocycles. The number of fused-ring (bicyclic) bond motifs is 2. The van der Waals surface area contributed by atoms with E-state index in [4.69, 9.17) is 32.7 Å². The Hall–Kier alpha value is -4.00. The Balaban J connectivity index is 0.000000168. The van der Waals surface area contributed by atoms with Crippen molar-refractivity contribution in [2.24, 2.45) is 9.98 Å². The molecule has 2 atom stereocenters. The van der Waals surface area contributed by atoms with Crippen LogP contribution in [0, 0.1) is 0 Å². The fraction of sp³-hybridized carbons (Fsp3) is 0.235. The van der Waals surface area contributed by atoms with Crippen LogP contribution in [0.25, 0.3) is 0 Å². The highest BCUT2D eigenvalue weighted by atomic mass is 35.5. The molecular weight excluding hydrogens is 567 g/mol. The molecule has 216 valence electrons. The van der Waals surface area contributed by atoms with E-state index in [1.807, 2.05) is 100 Å². The summed E-state index contributed by atoms with van der Waals surface area (Å²) >= 11 is 12.4. The molecule has 0 aromatic heterocycles. The summed E-state index contributed by atoms with van der Waals surface area (Å²) in [6, 6.07) is 32.9. The van der Waals surface area contributed by atoms with Gasteiger partial charge in [-0.1, -0.05) is 83.9 Å². The van der Waals surface area contributed by atoms with Crippen LogP contribution in [0.4, 0.5) is 11.4 Å². The van der Waals surface area contributed by atoms with Gasteiger partial charge in [0.25, 0.3) is 12.0 Å². The number of anilines is 2. The maximum Gasteiger partial charge on any atom is 0.290 e. The van der Waals surface area contributed by atoms with Crippen molar-refractivity contribution in [1.29, 1.82) is 0 Å². The molecule has 42 heavy (non-hydrogen) atoms. The first-order valence-electron chi connectivity index (χ1n) is 14.0. The van der Waals surface area contributed by atoms with Crippen molar-refractivity contribution in [2.75, 3.05) is 23.7 Å². The number of benzene rings is 4. The van der Waals surface area contributed by atoms with Gasteiger partial charge in [-0.2, -0.15) is 0 Å². The summed E-state index contributed by atoms with van der Waals surface area (Å²) < 4.78 is 12.3. The normalized spacial score (nSPS) is 22.3. The molecule has 0 amide bonds. The molecule has 0 saturated heterocycles. The highest BCUT2D eigenvalue weighted by Crippen LogP contribution is 2.43. The number of hydrogen-bond donors (Lipinski definition) is 2. The largest absolute Gasteiger partial charge is 0.449 e. The number of hydrogen-bond acceptors (Lipinski definition) is 4. The molecule has 6 nitrogen and oxygen atoms in total. The molecule has 0 saturated carbocycles. The van der Waals surface area contributed by atoms with Crippen LogP contribution in [-0.4, -0.2) is 25.1 Å². The van der Waals surface area contributed by atoms with Crippen LogP contribution in [0.1, 0.15) is 49.9 Å². The molecule has 4 aromatic rings. The van der Waals surface area contributed by atoms with Crippen LogP contribution in [-0.2, 0) is 20.7 Å². The first-order valence-corrected chi connectivity index (χ1v) is 14.7. The van der Waals surface area contributed by atoms with Gasteiger partial charge in [-0.15, -0.1) is 0 Å². The van der Waals surface area contributed by atoms with E-state index in [2.05, 4.69) is 44.9 Å². The van der Waals surface area contributed by atoms with E-state index in [0.717, 1.165) is 33.6 Å². The quantitative estimate of drug-likeness (QED) is 0.245. The van der Waals surface area contributed by atoms with Crippen LogP contribution in [0.15, 0.2) is 107 Å². The van der Waals surface area contributed by atoms with Gasteiger partial charge < -0.3 is 20.1 Å². The van der Waals surface area contributed by atoms with E-state index in [9.17, 15) is 0 Å². The fourth-order valence-electron chi connectivity index (χ4n) is 5.19. The minimum absolute atomic E-state index is 0.540. The number of rotatable bonds is 4. The van der Waals surface area contributed by atoms with E-state index < -0.39 is 11.2 Å². The lowest BCUT2D eigenvalue weighted by Gasteiger charge is -2.38. The van der Waals surface area contributed by atoms with Gasteiger partial charge >= 0.3 is 0 Å². The third-order valence-corrected chi connectivity index (χ3v) is 7.80. The van der Waals surface area contributed by atoms with Gasteiger partial charge in [0.2, 0.25) is 0 Å². The lowest BCUT2D eigenvalue weighted by Crippen LogP contribution is -2.39. The minimum Gasteiger partial charge on any atom is -0.449 e. The molecule has 2 N–H and O–H groups in total. The SMILES string of the molecule is CCN=C1Nc2ccc(Cl)cc2[C@@](C)(c2ccccc2)O1.CCN=C1Nc2ccc(Cl)cc2[C@](C)(c2ccccc2)O1. The van der Waals surface area contributed by atoms with Crippen LogP contribution < -0.4 is 10.6 Å². The predicted molar refractivity (Wildman–Crippen MR) is 174 cm³/mol. The number of amidine groups is 2. The standard InChI is InChI=1S/2C17H17ClN2O/c2*1-3-19-16-20-15-10-9-13(18)11-14(15)17(2,21-16)12-7-5-4-6-8-12/h2*4-11H,3H2,1-2H3,(H,19,20)/t2*17-/m10/s1. The van der Waals surface area contributed by atoms with Crippen molar-refractivity contribution in [2.45, 2.75) is 38.9 Å². The van der Waals surface area contributed by atoms with Gasteiger partial charge in [-0.3, -0.25) is 0 Å². The second-order valence-corrected chi connectivity index (χ2v) is 11.1. The number of aliphatic imine (C=N–C) groups is 2. The predicted octanol–water partition coefficient (Wildman–Crippen LogP) is 8.84. The van der Waals surface area contributed by atoms with Crippen LogP contribution >= 0.6 is 23.2 Å². The molecule has 8 heteroatoms. The summed E-state index contributed by atoms with van der Waals surface area (Å²) in [6.07, 6.45) is 0. The lowest BCUT2D eigenvalue weighted by molar-refractivity contribution is 0.112. The van der Waals surface area contributed by atoms with E-state index in [-0.39, 0.29) is 0 Å². The fourth-order valence-corrected chi connectivity index (χ4v) is 5.53. The second kappa shape index (κ2) is 12.5. The zero-order valence-corrected chi connectivity index (χ0v) is 25.6. The van der Waals surface area contributed by atoms with E-state index in [1.165, 1.54) is 0 Å². The van der Waals surface area contributed by atoms with E-state index in [0.29, 0.717) is 35.2 Å². The molecule has 0 bridgehead atoms. The van der Waals surface area contributed by atoms with Crippen molar-refractivity contribution in [3.63, 3.8) is 0 Å². The Morgan fingerprint density at radius 2 is 0.976 bits per heavy atom. The Morgan fingerprint density at radius 3 is 1.33 bits per heavy atom. The molecule has 0 unspecified atom stereocenters. The Kier molecular flexibility index (Phi) is 8.76. The molecule has 0 spiro atoms. The molecule has 2 heterocycles. The molecule has 0 radical (unpaired) electrons. The van der Waals surface area contributed by atoms with Crippen molar-refractivity contribution >= 4 is 46.6 Å². The first kappa shape index (κ1) is 29.5. The number of ether oxygens (including phenoxy) is 2. The number of nitrogens with one attached hydrogen (secondary N) is 2. The summed E-state index contributed by atoms with van der Waals surface area (Å²) in [4.78, 5) is 8.75. The zero-order valence-electron chi connectivity index (χ0n) is 24.1. The highest BCUT2D eigenvalue weighted by Gasteiger charge is 2.39. The van der Waals surface area contributed by atoms with Crippen molar-refractivity contribution in [3.05, 3.63) is 129 Å². The number of nitrogens with zero attached hydrogens (tertiary/aromatic N) is 2. The summed E-state index contributed by atoms with van der Waals surface area (Å²) in [6.45, 7) is 9.38.